The van der Waals surface area contributed by atoms with Crippen molar-refractivity contribution in [2.45, 2.75) is 46.1 Å². The fourth-order valence-corrected chi connectivity index (χ4v) is 2.68. The first-order chi connectivity index (χ1) is 9.79. The van der Waals surface area contributed by atoms with Crippen LogP contribution in [0.2, 0.25) is 0 Å². The van der Waals surface area contributed by atoms with Gasteiger partial charge in [0.25, 0.3) is 0 Å². The Hall–Kier alpha value is -1.82. The Labute approximate surface area is 128 Å². The minimum Gasteiger partial charge on any atom is -0.489 e. The lowest BCUT2D eigenvalue weighted by Gasteiger charge is -2.16. The Morgan fingerprint density at radius 1 is 1.29 bits per heavy atom. The Kier molecular flexibility index (Phi) is 4.37. The quantitative estimate of drug-likeness (QED) is 0.811. The molecule has 2 aromatic heterocycles. The Bertz CT molecular complexity index is 644. The van der Waals surface area contributed by atoms with Crippen LogP contribution in [-0.4, -0.2) is 26.5 Å². The van der Waals surface area contributed by atoms with E-state index in [1.165, 1.54) is 0 Å². The number of carbonyl (C=O) groups is 1. The standard InChI is InChI=1S/C15H19N3O2S/c1-9(2)20-11-6-10(7-16-8-11)12(19)13-14(15(3,4)5)17-18-21-13/h6-9H,1-5H3. The van der Waals surface area contributed by atoms with E-state index in [1.807, 2.05) is 34.6 Å². The van der Waals surface area contributed by atoms with Gasteiger partial charge in [0.1, 0.15) is 10.6 Å². The molecule has 0 radical (unpaired) electrons. The van der Waals surface area contributed by atoms with Crippen LogP contribution in [0.3, 0.4) is 0 Å². The van der Waals surface area contributed by atoms with Crippen LogP contribution in [-0.2, 0) is 5.41 Å². The van der Waals surface area contributed by atoms with E-state index < -0.39 is 0 Å². The summed E-state index contributed by atoms with van der Waals surface area (Å²) in [5, 5.41) is 4.10. The molecule has 0 atom stereocenters. The Morgan fingerprint density at radius 2 is 2.00 bits per heavy atom. The van der Waals surface area contributed by atoms with Gasteiger partial charge in [-0.25, -0.2) is 0 Å². The first-order valence-corrected chi connectivity index (χ1v) is 7.55. The Morgan fingerprint density at radius 3 is 2.62 bits per heavy atom. The minimum absolute atomic E-state index is 0.0346. The van der Waals surface area contributed by atoms with Crippen molar-refractivity contribution < 1.29 is 9.53 Å². The molecule has 2 rings (SSSR count). The monoisotopic (exact) mass is 305 g/mol. The van der Waals surface area contributed by atoms with Gasteiger partial charge in [-0.05, 0) is 31.4 Å². The van der Waals surface area contributed by atoms with Crippen molar-refractivity contribution in [1.29, 1.82) is 0 Å². The zero-order valence-electron chi connectivity index (χ0n) is 12.9. The van der Waals surface area contributed by atoms with E-state index >= 15 is 0 Å². The van der Waals surface area contributed by atoms with Crippen molar-refractivity contribution in [3.63, 3.8) is 0 Å². The zero-order valence-corrected chi connectivity index (χ0v) is 13.7. The molecule has 0 unspecified atom stereocenters. The smallest absolute Gasteiger partial charge is 0.208 e. The van der Waals surface area contributed by atoms with Crippen LogP contribution in [0, 0.1) is 0 Å². The van der Waals surface area contributed by atoms with Crippen LogP contribution in [0.1, 0.15) is 55.5 Å². The van der Waals surface area contributed by atoms with Crippen molar-refractivity contribution in [2.75, 3.05) is 0 Å². The molecular formula is C15H19N3O2S. The number of carbonyl (C=O) groups excluding carboxylic acids is 1. The molecule has 0 fully saturated rings. The summed E-state index contributed by atoms with van der Waals surface area (Å²) in [6.07, 6.45) is 3.18. The number of ether oxygens (including phenoxy) is 1. The Balaban J connectivity index is 2.35. The maximum absolute atomic E-state index is 12.6. The van der Waals surface area contributed by atoms with Crippen molar-refractivity contribution >= 4 is 17.3 Å². The second-order valence-corrected chi connectivity index (χ2v) is 6.86. The number of nitrogens with zero attached hydrogens (tertiary/aromatic N) is 3. The van der Waals surface area contributed by atoms with Gasteiger partial charge in [0, 0.05) is 17.2 Å². The molecule has 0 saturated carbocycles. The number of aromatic nitrogens is 3. The van der Waals surface area contributed by atoms with Gasteiger partial charge >= 0.3 is 0 Å². The van der Waals surface area contributed by atoms with Crippen LogP contribution >= 0.6 is 11.5 Å². The second kappa shape index (κ2) is 5.89. The third kappa shape index (κ3) is 3.64. The molecule has 21 heavy (non-hydrogen) atoms. The summed E-state index contributed by atoms with van der Waals surface area (Å²) in [5.41, 5.74) is 0.981. The number of ketones is 1. The average molecular weight is 305 g/mol. The summed E-state index contributed by atoms with van der Waals surface area (Å²) >= 11 is 1.12. The minimum atomic E-state index is -0.225. The molecule has 0 saturated heterocycles. The van der Waals surface area contributed by atoms with E-state index in [4.69, 9.17) is 4.74 Å². The highest BCUT2D eigenvalue weighted by Gasteiger charge is 2.27. The molecule has 0 bridgehead atoms. The van der Waals surface area contributed by atoms with Crippen molar-refractivity contribution in [1.82, 2.24) is 14.6 Å². The van der Waals surface area contributed by atoms with Crippen molar-refractivity contribution in [3.8, 4) is 5.75 Å². The van der Waals surface area contributed by atoms with Gasteiger partial charge in [0.05, 0.1) is 18.0 Å². The van der Waals surface area contributed by atoms with Crippen LogP contribution in [0.5, 0.6) is 5.75 Å². The lowest BCUT2D eigenvalue weighted by Crippen LogP contribution is -2.17. The van der Waals surface area contributed by atoms with Gasteiger partial charge in [-0.15, -0.1) is 5.10 Å². The summed E-state index contributed by atoms with van der Waals surface area (Å²) < 4.78 is 9.50. The first kappa shape index (κ1) is 15.6. The zero-order chi connectivity index (χ0) is 15.6. The average Bonchev–Trinajstić information content (AvgIpc) is 2.86. The topological polar surface area (TPSA) is 65.0 Å². The molecule has 0 aliphatic carbocycles. The van der Waals surface area contributed by atoms with Crippen LogP contribution in [0.4, 0.5) is 0 Å². The predicted molar refractivity (Wildman–Crippen MR) is 82.0 cm³/mol. The molecule has 2 heterocycles. The number of pyridine rings is 1. The summed E-state index contributed by atoms with van der Waals surface area (Å²) in [4.78, 5) is 17.3. The summed E-state index contributed by atoms with van der Waals surface area (Å²) in [5.74, 6) is 0.474. The number of hydrogen-bond donors (Lipinski definition) is 0. The molecule has 0 aliphatic rings. The maximum Gasteiger partial charge on any atom is 0.208 e. The summed E-state index contributed by atoms with van der Waals surface area (Å²) in [7, 11) is 0. The van der Waals surface area contributed by atoms with E-state index in [2.05, 4.69) is 14.6 Å². The van der Waals surface area contributed by atoms with Crippen molar-refractivity contribution in [2.24, 2.45) is 0 Å². The highest BCUT2D eigenvalue weighted by molar-refractivity contribution is 7.08. The van der Waals surface area contributed by atoms with Crippen LogP contribution in [0.25, 0.3) is 0 Å². The molecule has 112 valence electrons. The van der Waals surface area contributed by atoms with Crippen LogP contribution < -0.4 is 4.74 Å². The largest absolute Gasteiger partial charge is 0.489 e. The molecule has 2 aromatic rings. The number of rotatable bonds is 4. The van der Waals surface area contributed by atoms with Gasteiger partial charge in [-0.2, -0.15) is 0 Å². The SMILES string of the molecule is CC(C)Oc1cncc(C(=O)c2snnc2C(C)(C)C)c1. The van der Waals surface area contributed by atoms with E-state index in [-0.39, 0.29) is 17.3 Å². The fraction of sp³-hybridized carbons (Fsp3) is 0.467. The molecule has 6 heteroatoms. The first-order valence-electron chi connectivity index (χ1n) is 6.78. The molecule has 0 spiro atoms. The second-order valence-electron chi connectivity index (χ2n) is 6.11. The highest BCUT2D eigenvalue weighted by Crippen LogP contribution is 2.28. The third-order valence-corrected chi connectivity index (χ3v) is 3.48. The normalized spacial score (nSPS) is 11.7. The molecule has 5 nitrogen and oxygen atoms in total. The third-order valence-electron chi connectivity index (χ3n) is 2.75. The van der Waals surface area contributed by atoms with Gasteiger partial charge in [-0.3, -0.25) is 9.78 Å². The van der Waals surface area contributed by atoms with Gasteiger partial charge < -0.3 is 4.74 Å². The van der Waals surface area contributed by atoms with Crippen molar-refractivity contribution in [3.05, 3.63) is 34.6 Å². The molecule has 0 aliphatic heterocycles. The van der Waals surface area contributed by atoms with Crippen LogP contribution in [0.15, 0.2) is 18.5 Å². The molecule has 0 amide bonds. The van der Waals surface area contributed by atoms with E-state index in [1.54, 1.807) is 18.5 Å². The summed E-state index contributed by atoms with van der Waals surface area (Å²) in [6.45, 7) is 9.89. The van der Waals surface area contributed by atoms with E-state index in [0.29, 0.717) is 21.9 Å². The summed E-state index contributed by atoms with van der Waals surface area (Å²) in [6, 6.07) is 1.71. The highest BCUT2D eigenvalue weighted by atomic mass is 32.1. The van der Waals surface area contributed by atoms with Gasteiger partial charge in [0.15, 0.2) is 0 Å². The van der Waals surface area contributed by atoms with Gasteiger partial charge in [0.2, 0.25) is 5.78 Å². The molecule has 0 N–H and O–H groups in total. The molecular weight excluding hydrogens is 286 g/mol. The maximum atomic E-state index is 12.6. The molecule has 0 aromatic carbocycles. The lowest BCUT2D eigenvalue weighted by atomic mass is 9.90. The lowest BCUT2D eigenvalue weighted by molar-refractivity contribution is 0.103. The fourth-order valence-electron chi connectivity index (χ4n) is 1.84. The number of hydrogen-bond acceptors (Lipinski definition) is 6. The predicted octanol–water partition coefficient (Wildman–Crippen LogP) is 3.25. The van der Waals surface area contributed by atoms with Gasteiger partial charge in [-0.1, -0.05) is 25.3 Å². The van der Waals surface area contributed by atoms with E-state index in [0.717, 1.165) is 11.5 Å². The van der Waals surface area contributed by atoms with E-state index in [9.17, 15) is 4.79 Å².